The van der Waals surface area contributed by atoms with Crippen LogP contribution in [-0.4, -0.2) is 34.6 Å². The average molecular weight is 297 g/mol. The summed E-state index contributed by atoms with van der Waals surface area (Å²) in [5.74, 6) is 0.762. The number of benzene rings is 2. The molecule has 4 nitrogen and oxygen atoms in total. The SMILES string of the molecule is COc1ccc2ccn([C@@H](c3ccccc3)[C@H](O)CO)c2c1. The minimum Gasteiger partial charge on any atom is -0.497 e. The van der Waals surface area contributed by atoms with Gasteiger partial charge in [-0.2, -0.15) is 0 Å². The number of methoxy groups -OCH3 is 1. The minimum atomic E-state index is -0.885. The van der Waals surface area contributed by atoms with Gasteiger partial charge in [-0.1, -0.05) is 30.3 Å². The number of nitrogens with zero attached hydrogens (tertiary/aromatic N) is 1. The van der Waals surface area contributed by atoms with E-state index in [1.807, 2.05) is 65.4 Å². The van der Waals surface area contributed by atoms with E-state index in [1.165, 1.54) is 0 Å². The smallest absolute Gasteiger partial charge is 0.120 e. The normalized spacial score (nSPS) is 14.0. The summed E-state index contributed by atoms with van der Waals surface area (Å²) in [6.07, 6.45) is 1.05. The van der Waals surface area contributed by atoms with Gasteiger partial charge in [0.2, 0.25) is 0 Å². The number of aliphatic hydroxyl groups excluding tert-OH is 2. The van der Waals surface area contributed by atoms with Crippen LogP contribution in [0.1, 0.15) is 11.6 Å². The van der Waals surface area contributed by atoms with E-state index in [9.17, 15) is 10.2 Å². The standard InChI is InChI=1S/C18H19NO3/c1-22-15-8-7-13-9-10-19(16(13)11-15)18(17(21)12-20)14-5-3-2-4-6-14/h2-11,17-18,20-21H,12H2,1H3/t17-,18+/m1/s1. The molecule has 0 amide bonds. The average Bonchev–Trinajstić information content (AvgIpc) is 2.98. The van der Waals surface area contributed by atoms with Crippen molar-refractivity contribution in [1.29, 1.82) is 0 Å². The van der Waals surface area contributed by atoms with Crippen molar-refractivity contribution in [1.82, 2.24) is 4.57 Å². The fourth-order valence-corrected chi connectivity index (χ4v) is 2.82. The molecule has 3 aromatic rings. The Morgan fingerprint density at radius 2 is 1.86 bits per heavy atom. The highest BCUT2D eigenvalue weighted by Gasteiger charge is 2.23. The zero-order valence-corrected chi connectivity index (χ0v) is 12.4. The van der Waals surface area contributed by atoms with Gasteiger partial charge in [0, 0.05) is 12.3 Å². The number of aromatic nitrogens is 1. The van der Waals surface area contributed by atoms with Crippen molar-refractivity contribution in [3.05, 3.63) is 66.4 Å². The highest BCUT2D eigenvalue weighted by atomic mass is 16.5. The molecular formula is C18H19NO3. The molecule has 0 radical (unpaired) electrons. The van der Waals surface area contributed by atoms with Crippen LogP contribution in [-0.2, 0) is 0 Å². The summed E-state index contributed by atoms with van der Waals surface area (Å²) in [5, 5.41) is 20.8. The first-order chi connectivity index (χ1) is 10.7. The van der Waals surface area contributed by atoms with Gasteiger partial charge < -0.3 is 19.5 Å². The van der Waals surface area contributed by atoms with E-state index in [1.54, 1.807) is 7.11 Å². The van der Waals surface area contributed by atoms with Gasteiger partial charge in [0.25, 0.3) is 0 Å². The largest absolute Gasteiger partial charge is 0.497 e. The lowest BCUT2D eigenvalue weighted by Crippen LogP contribution is -2.27. The van der Waals surface area contributed by atoms with Gasteiger partial charge in [0.05, 0.1) is 25.3 Å². The maximum atomic E-state index is 10.3. The Kier molecular flexibility index (Phi) is 4.13. The summed E-state index contributed by atoms with van der Waals surface area (Å²) < 4.78 is 7.27. The van der Waals surface area contributed by atoms with E-state index in [2.05, 4.69) is 0 Å². The van der Waals surface area contributed by atoms with Crippen LogP contribution in [0.5, 0.6) is 5.75 Å². The Morgan fingerprint density at radius 3 is 2.55 bits per heavy atom. The molecule has 2 aromatic carbocycles. The number of aliphatic hydroxyl groups is 2. The molecule has 4 heteroatoms. The molecule has 0 saturated heterocycles. The van der Waals surface area contributed by atoms with Crippen LogP contribution in [0.3, 0.4) is 0 Å². The lowest BCUT2D eigenvalue weighted by molar-refractivity contribution is 0.0653. The fourth-order valence-electron chi connectivity index (χ4n) is 2.82. The van der Waals surface area contributed by atoms with Gasteiger partial charge >= 0.3 is 0 Å². The minimum absolute atomic E-state index is 0.302. The van der Waals surface area contributed by atoms with Crippen LogP contribution in [0.15, 0.2) is 60.8 Å². The van der Waals surface area contributed by atoms with Gasteiger partial charge in [0.1, 0.15) is 11.9 Å². The summed E-state index contributed by atoms with van der Waals surface area (Å²) in [6.45, 7) is -0.302. The zero-order chi connectivity index (χ0) is 15.5. The number of hydrogen-bond acceptors (Lipinski definition) is 3. The van der Waals surface area contributed by atoms with Crippen molar-refractivity contribution in [3.8, 4) is 5.75 Å². The topological polar surface area (TPSA) is 54.6 Å². The third kappa shape index (κ3) is 2.58. The van der Waals surface area contributed by atoms with E-state index in [-0.39, 0.29) is 12.6 Å². The number of fused-ring (bicyclic) bond motifs is 1. The van der Waals surface area contributed by atoms with Gasteiger partial charge in [-0.05, 0) is 29.1 Å². The predicted octanol–water partition coefficient (Wildman–Crippen LogP) is 2.59. The Labute approximate surface area is 129 Å². The van der Waals surface area contributed by atoms with E-state index in [0.29, 0.717) is 0 Å². The Bertz CT molecular complexity index is 751. The van der Waals surface area contributed by atoms with Crippen LogP contribution < -0.4 is 4.74 Å². The third-order valence-electron chi connectivity index (χ3n) is 3.92. The first-order valence-electron chi connectivity index (χ1n) is 7.23. The van der Waals surface area contributed by atoms with Gasteiger partial charge in [-0.25, -0.2) is 0 Å². The first-order valence-corrected chi connectivity index (χ1v) is 7.23. The maximum absolute atomic E-state index is 10.3. The van der Waals surface area contributed by atoms with E-state index < -0.39 is 6.10 Å². The monoisotopic (exact) mass is 297 g/mol. The number of hydrogen-bond donors (Lipinski definition) is 2. The summed E-state index contributed by atoms with van der Waals surface area (Å²) in [5.41, 5.74) is 1.91. The Morgan fingerprint density at radius 1 is 1.09 bits per heavy atom. The van der Waals surface area contributed by atoms with Crippen LogP contribution in [0.4, 0.5) is 0 Å². The van der Waals surface area contributed by atoms with Crippen LogP contribution in [0.25, 0.3) is 10.9 Å². The van der Waals surface area contributed by atoms with Crippen molar-refractivity contribution in [3.63, 3.8) is 0 Å². The molecule has 0 fully saturated rings. The Hall–Kier alpha value is -2.30. The summed E-state index contributed by atoms with van der Waals surface area (Å²) in [6, 6.07) is 17.2. The van der Waals surface area contributed by atoms with Gasteiger partial charge in [0.15, 0.2) is 0 Å². The second kappa shape index (κ2) is 6.22. The maximum Gasteiger partial charge on any atom is 0.120 e. The molecule has 0 bridgehead atoms. The highest BCUT2D eigenvalue weighted by Crippen LogP contribution is 2.30. The second-order valence-electron chi connectivity index (χ2n) is 5.25. The quantitative estimate of drug-likeness (QED) is 0.761. The molecule has 1 aromatic heterocycles. The van der Waals surface area contributed by atoms with E-state index >= 15 is 0 Å². The summed E-state index contributed by atoms with van der Waals surface area (Å²) >= 11 is 0. The van der Waals surface area contributed by atoms with Crippen LogP contribution in [0.2, 0.25) is 0 Å². The van der Waals surface area contributed by atoms with Gasteiger partial charge in [-0.15, -0.1) is 0 Å². The molecule has 3 rings (SSSR count). The molecule has 0 unspecified atom stereocenters. The molecule has 114 valence electrons. The number of ether oxygens (including phenoxy) is 1. The molecule has 0 saturated carbocycles. The molecule has 22 heavy (non-hydrogen) atoms. The van der Waals surface area contributed by atoms with E-state index in [4.69, 9.17) is 4.74 Å². The lowest BCUT2D eigenvalue weighted by atomic mass is 10.0. The van der Waals surface area contributed by atoms with Crippen molar-refractivity contribution < 1.29 is 14.9 Å². The van der Waals surface area contributed by atoms with Crippen LogP contribution in [0, 0.1) is 0 Å². The number of rotatable bonds is 5. The summed E-state index contributed by atoms with van der Waals surface area (Å²) in [7, 11) is 1.63. The van der Waals surface area contributed by atoms with Crippen molar-refractivity contribution in [2.24, 2.45) is 0 Å². The van der Waals surface area contributed by atoms with E-state index in [0.717, 1.165) is 22.2 Å². The highest BCUT2D eigenvalue weighted by molar-refractivity contribution is 5.82. The molecule has 2 N–H and O–H groups in total. The molecule has 1 heterocycles. The van der Waals surface area contributed by atoms with Crippen molar-refractivity contribution >= 4 is 10.9 Å². The van der Waals surface area contributed by atoms with Crippen molar-refractivity contribution in [2.45, 2.75) is 12.1 Å². The fraction of sp³-hybridized carbons (Fsp3) is 0.222. The molecule has 0 aliphatic rings. The van der Waals surface area contributed by atoms with Crippen LogP contribution >= 0.6 is 0 Å². The molecule has 0 spiro atoms. The lowest BCUT2D eigenvalue weighted by Gasteiger charge is -2.25. The second-order valence-corrected chi connectivity index (χ2v) is 5.25. The molecular weight excluding hydrogens is 278 g/mol. The van der Waals surface area contributed by atoms with Crippen molar-refractivity contribution in [2.75, 3.05) is 13.7 Å². The van der Waals surface area contributed by atoms with Gasteiger partial charge in [-0.3, -0.25) is 0 Å². The molecule has 2 atom stereocenters. The summed E-state index contributed by atoms with van der Waals surface area (Å²) in [4.78, 5) is 0. The molecule has 0 aliphatic carbocycles. The third-order valence-corrected chi connectivity index (χ3v) is 3.92. The first kappa shape index (κ1) is 14.6. The molecule has 0 aliphatic heterocycles. The predicted molar refractivity (Wildman–Crippen MR) is 86.2 cm³/mol. The Balaban J connectivity index is 2.16. The zero-order valence-electron chi connectivity index (χ0n) is 12.4.